The summed E-state index contributed by atoms with van der Waals surface area (Å²) in [7, 11) is 0. The minimum atomic E-state index is 0.271. The van der Waals surface area contributed by atoms with Crippen LogP contribution in [0, 0.1) is 5.41 Å². The zero-order chi connectivity index (χ0) is 17.0. The monoisotopic (exact) mass is 308 g/mol. The maximum Gasteiger partial charge on any atom is 0.0306 e. The third-order valence-electron chi connectivity index (χ3n) is 4.09. The van der Waals surface area contributed by atoms with Crippen LogP contribution in [0.4, 0.5) is 0 Å². The van der Waals surface area contributed by atoms with Crippen LogP contribution in [-0.2, 0) is 0 Å². The summed E-state index contributed by atoms with van der Waals surface area (Å²) in [5.41, 5.74) is 2.54. The van der Waals surface area contributed by atoms with E-state index < -0.39 is 0 Å². The molecule has 0 saturated carbocycles. The van der Waals surface area contributed by atoms with Gasteiger partial charge < -0.3 is 10.6 Å². The second-order valence-electron chi connectivity index (χ2n) is 7.68. The molecule has 2 nitrogen and oxygen atoms in total. The number of hydrogen-bond donors (Lipinski definition) is 2. The Morgan fingerprint density at radius 3 is 2.23 bits per heavy atom. The molecule has 0 aliphatic carbocycles. The smallest absolute Gasteiger partial charge is 0.0306 e. The summed E-state index contributed by atoms with van der Waals surface area (Å²) in [6.07, 6.45) is 9.98. The predicted molar refractivity (Wildman–Crippen MR) is 101 cm³/mol. The molecule has 0 aromatic rings. The van der Waals surface area contributed by atoms with Gasteiger partial charge in [0.05, 0.1) is 0 Å². The van der Waals surface area contributed by atoms with Gasteiger partial charge in [-0.15, -0.1) is 0 Å². The third kappa shape index (κ3) is 11.7. The van der Waals surface area contributed by atoms with Crippen LogP contribution in [-0.4, -0.2) is 12.6 Å². The van der Waals surface area contributed by atoms with E-state index in [1.807, 2.05) is 6.92 Å². The summed E-state index contributed by atoms with van der Waals surface area (Å²) >= 11 is 0. The van der Waals surface area contributed by atoms with E-state index in [2.05, 4.69) is 51.5 Å². The summed E-state index contributed by atoms with van der Waals surface area (Å²) in [5.74, 6) is 0. The highest BCUT2D eigenvalue weighted by molar-refractivity contribution is 4.94. The Hall–Kier alpha value is -0.920. The zero-order valence-electron chi connectivity index (χ0n) is 15.9. The molecule has 0 aromatic heterocycles. The molecule has 22 heavy (non-hydrogen) atoms. The Kier molecular flexibility index (Phi) is 11.1. The lowest BCUT2D eigenvalue weighted by molar-refractivity contribution is 0.264. The van der Waals surface area contributed by atoms with E-state index in [4.69, 9.17) is 0 Å². The Bertz CT molecular complexity index is 312. The highest BCUT2D eigenvalue weighted by Crippen LogP contribution is 2.24. The van der Waals surface area contributed by atoms with E-state index in [1.54, 1.807) is 0 Å². The van der Waals surface area contributed by atoms with Gasteiger partial charge in [-0.25, -0.2) is 0 Å². The van der Waals surface area contributed by atoms with Gasteiger partial charge in [-0.05, 0) is 38.0 Å². The van der Waals surface area contributed by atoms with Crippen LogP contribution in [0.2, 0.25) is 0 Å². The second kappa shape index (κ2) is 11.6. The topological polar surface area (TPSA) is 24.1 Å². The van der Waals surface area contributed by atoms with Crippen molar-refractivity contribution in [2.75, 3.05) is 6.54 Å². The van der Waals surface area contributed by atoms with Crippen molar-refractivity contribution >= 4 is 0 Å². The van der Waals surface area contributed by atoms with Gasteiger partial charge >= 0.3 is 0 Å². The molecule has 0 fully saturated rings. The van der Waals surface area contributed by atoms with Gasteiger partial charge in [-0.1, -0.05) is 66.5 Å². The average molecular weight is 309 g/mol. The first kappa shape index (κ1) is 21.1. The third-order valence-corrected chi connectivity index (χ3v) is 4.09. The molecule has 1 atom stereocenters. The maximum absolute atomic E-state index is 4.15. The first-order valence-corrected chi connectivity index (χ1v) is 9.11. The SMILES string of the molecule is C=C(C)NC(CCCCC(=C)NCCCCCC)C(C)(C)C. The van der Waals surface area contributed by atoms with E-state index in [9.17, 15) is 0 Å². The average Bonchev–Trinajstić information content (AvgIpc) is 2.40. The van der Waals surface area contributed by atoms with Gasteiger partial charge in [-0.3, -0.25) is 0 Å². The van der Waals surface area contributed by atoms with Crippen LogP contribution in [0.3, 0.4) is 0 Å². The molecule has 0 bridgehead atoms. The lowest BCUT2D eigenvalue weighted by Crippen LogP contribution is -2.39. The van der Waals surface area contributed by atoms with Gasteiger partial charge in [0.2, 0.25) is 0 Å². The predicted octanol–water partition coefficient (Wildman–Crippen LogP) is 5.77. The second-order valence-corrected chi connectivity index (χ2v) is 7.68. The molecule has 0 aliphatic rings. The molecule has 0 heterocycles. The first-order valence-electron chi connectivity index (χ1n) is 9.11. The van der Waals surface area contributed by atoms with Crippen molar-refractivity contribution in [1.82, 2.24) is 10.6 Å². The van der Waals surface area contributed by atoms with Gasteiger partial charge in [0, 0.05) is 24.0 Å². The van der Waals surface area contributed by atoms with Crippen molar-refractivity contribution < 1.29 is 0 Å². The molecule has 0 spiro atoms. The Balaban J connectivity index is 3.80. The highest BCUT2D eigenvalue weighted by atomic mass is 14.9. The molecular formula is C20H40N2. The molecule has 0 amide bonds. The van der Waals surface area contributed by atoms with Gasteiger partial charge in [0.15, 0.2) is 0 Å². The summed E-state index contributed by atoms with van der Waals surface area (Å²) in [5, 5.41) is 7.00. The van der Waals surface area contributed by atoms with Crippen LogP contribution < -0.4 is 10.6 Å². The van der Waals surface area contributed by atoms with Crippen molar-refractivity contribution in [3.8, 4) is 0 Å². The fourth-order valence-corrected chi connectivity index (χ4v) is 2.61. The van der Waals surface area contributed by atoms with Gasteiger partial charge in [-0.2, -0.15) is 0 Å². The Morgan fingerprint density at radius 1 is 1.00 bits per heavy atom. The van der Waals surface area contributed by atoms with Crippen molar-refractivity contribution in [3.05, 3.63) is 24.6 Å². The fraction of sp³-hybridized carbons (Fsp3) is 0.800. The summed E-state index contributed by atoms with van der Waals surface area (Å²) in [6.45, 7) is 20.4. The standard InChI is InChI=1S/C20H40N2/c1-8-9-10-13-16-21-18(4)14-11-12-15-19(20(5,6)7)22-17(2)3/h19,21-22H,2,4,8-16H2,1,3,5-7H3. The summed E-state index contributed by atoms with van der Waals surface area (Å²) in [6, 6.07) is 0.500. The lowest BCUT2D eigenvalue weighted by Gasteiger charge is -2.32. The van der Waals surface area contributed by atoms with E-state index in [0.717, 1.165) is 18.7 Å². The van der Waals surface area contributed by atoms with Crippen LogP contribution in [0.5, 0.6) is 0 Å². The quantitative estimate of drug-likeness (QED) is 0.422. The van der Waals surface area contributed by atoms with Crippen LogP contribution in [0.25, 0.3) is 0 Å². The molecule has 0 rings (SSSR count). The van der Waals surface area contributed by atoms with E-state index >= 15 is 0 Å². The van der Waals surface area contributed by atoms with E-state index in [-0.39, 0.29) is 5.41 Å². The lowest BCUT2D eigenvalue weighted by atomic mass is 9.83. The Labute approximate surface area is 139 Å². The first-order chi connectivity index (χ1) is 10.3. The zero-order valence-corrected chi connectivity index (χ0v) is 15.9. The molecule has 0 radical (unpaired) electrons. The number of allylic oxidation sites excluding steroid dienone is 2. The van der Waals surface area contributed by atoms with Crippen molar-refractivity contribution in [3.63, 3.8) is 0 Å². The minimum Gasteiger partial charge on any atom is -0.389 e. The molecule has 0 aliphatic heterocycles. The fourth-order valence-electron chi connectivity index (χ4n) is 2.61. The number of unbranched alkanes of at least 4 members (excludes halogenated alkanes) is 4. The van der Waals surface area contributed by atoms with Gasteiger partial charge in [0.1, 0.15) is 0 Å². The molecule has 0 saturated heterocycles. The Morgan fingerprint density at radius 2 is 1.68 bits per heavy atom. The summed E-state index contributed by atoms with van der Waals surface area (Å²) in [4.78, 5) is 0. The summed E-state index contributed by atoms with van der Waals surface area (Å²) < 4.78 is 0. The van der Waals surface area contributed by atoms with E-state index in [0.29, 0.717) is 6.04 Å². The number of hydrogen-bond acceptors (Lipinski definition) is 2. The van der Waals surface area contributed by atoms with Gasteiger partial charge in [0.25, 0.3) is 0 Å². The van der Waals surface area contributed by atoms with Crippen molar-refractivity contribution in [1.29, 1.82) is 0 Å². The molecule has 1 unspecified atom stereocenters. The van der Waals surface area contributed by atoms with Crippen molar-refractivity contribution in [2.45, 2.75) is 92.0 Å². The van der Waals surface area contributed by atoms with Crippen LogP contribution in [0.15, 0.2) is 24.6 Å². The molecule has 0 aromatic carbocycles. The molecule has 2 N–H and O–H groups in total. The maximum atomic E-state index is 4.15. The van der Waals surface area contributed by atoms with Crippen LogP contribution in [0.1, 0.15) is 86.0 Å². The normalized spacial score (nSPS) is 12.8. The highest BCUT2D eigenvalue weighted by Gasteiger charge is 2.23. The molecular weight excluding hydrogens is 268 g/mol. The number of rotatable bonds is 13. The van der Waals surface area contributed by atoms with E-state index in [1.165, 1.54) is 50.6 Å². The number of nitrogens with one attached hydrogen (secondary N) is 2. The van der Waals surface area contributed by atoms with Crippen molar-refractivity contribution in [2.24, 2.45) is 5.41 Å². The minimum absolute atomic E-state index is 0.271. The molecule has 2 heteroatoms. The largest absolute Gasteiger partial charge is 0.389 e. The van der Waals surface area contributed by atoms with Crippen LogP contribution >= 0.6 is 0 Å². The molecule has 130 valence electrons.